The number of ketones is 1. The van der Waals surface area contributed by atoms with E-state index >= 15 is 0 Å². The number of aromatic nitrogens is 2. The van der Waals surface area contributed by atoms with Gasteiger partial charge in [0.05, 0.1) is 28.7 Å². The third-order valence-electron chi connectivity index (χ3n) is 4.66. The van der Waals surface area contributed by atoms with Crippen molar-refractivity contribution >= 4 is 52.0 Å². The number of nitrogens with zero attached hydrogens (tertiary/aromatic N) is 2. The lowest BCUT2D eigenvalue weighted by Gasteiger charge is -2.23. The Morgan fingerprint density at radius 3 is 2.64 bits per heavy atom. The van der Waals surface area contributed by atoms with Gasteiger partial charge in [-0.05, 0) is 37.3 Å². The first-order valence-corrected chi connectivity index (χ1v) is 9.99. The zero-order valence-corrected chi connectivity index (χ0v) is 17.3. The van der Waals surface area contributed by atoms with Crippen molar-refractivity contribution in [2.24, 2.45) is 0 Å². The lowest BCUT2D eigenvalue weighted by atomic mass is 9.86. The number of methoxy groups -OCH3 is 1. The molecule has 1 aliphatic rings. The third kappa shape index (κ3) is 3.19. The zero-order chi connectivity index (χ0) is 20.0. The summed E-state index contributed by atoms with van der Waals surface area (Å²) in [7, 11) is 1.59. The van der Waals surface area contributed by atoms with E-state index < -0.39 is 5.92 Å². The molecule has 28 heavy (non-hydrogen) atoms. The van der Waals surface area contributed by atoms with Crippen LogP contribution >= 0.6 is 34.5 Å². The fourth-order valence-electron chi connectivity index (χ4n) is 3.38. The number of anilines is 1. The van der Waals surface area contributed by atoms with Crippen molar-refractivity contribution in [2.75, 3.05) is 12.4 Å². The van der Waals surface area contributed by atoms with Crippen molar-refractivity contribution in [1.29, 1.82) is 0 Å². The highest BCUT2D eigenvalue weighted by molar-refractivity contribution is 7.20. The van der Waals surface area contributed by atoms with Crippen LogP contribution < -0.4 is 10.1 Å². The molecule has 1 unspecified atom stereocenters. The molecule has 2 aromatic heterocycles. The number of nitrogens with one attached hydrogen (secondary N) is 1. The van der Waals surface area contributed by atoms with Crippen molar-refractivity contribution in [1.82, 2.24) is 9.78 Å². The summed E-state index contributed by atoms with van der Waals surface area (Å²) in [6.07, 6.45) is 0.0325. The van der Waals surface area contributed by atoms with Crippen molar-refractivity contribution < 1.29 is 14.3 Å². The van der Waals surface area contributed by atoms with Crippen LogP contribution in [0.4, 0.5) is 5.82 Å². The number of hydrogen-bond donors (Lipinski definition) is 1. The molecule has 1 aromatic carbocycles. The van der Waals surface area contributed by atoms with E-state index in [0.29, 0.717) is 37.1 Å². The summed E-state index contributed by atoms with van der Waals surface area (Å²) in [4.78, 5) is 25.5. The number of benzene rings is 1. The van der Waals surface area contributed by atoms with Gasteiger partial charge in [-0.1, -0.05) is 23.2 Å². The van der Waals surface area contributed by atoms with Crippen LogP contribution in [0.25, 0.3) is 5.69 Å². The van der Waals surface area contributed by atoms with E-state index in [1.54, 1.807) is 30.0 Å². The number of ether oxygens (including phenoxy) is 1. The van der Waals surface area contributed by atoms with Crippen molar-refractivity contribution in [3.8, 4) is 11.4 Å². The Morgan fingerprint density at radius 2 is 2.04 bits per heavy atom. The smallest absolute Gasteiger partial charge is 0.226 e. The number of carbonyl (C=O) groups excluding carboxylic acids is 2. The fraction of sp³-hybridized carbons (Fsp3) is 0.211. The Labute approximate surface area is 175 Å². The number of fused-ring (bicyclic) bond motifs is 1. The van der Waals surface area contributed by atoms with Gasteiger partial charge in [0.1, 0.15) is 15.9 Å². The number of thiophene rings is 1. The monoisotopic (exact) mass is 435 g/mol. The molecule has 0 saturated carbocycles. The molecule has 3 heterocycles. The molecular formula is C19H15Cl2N3O3S. The van der Waals surface area contributed by atoms with Gasteiger partial charge >= 0.3 is 0 Å². The van der Waals surface area contributed by atoms with Crippen LogP contribution in [0.15, 0.2) is 30.3 Å². The van der Waals surface area contributed by atoms with Crippen LogP contribution in [0.1, 0.15) is 34.0 Å². The van der Waals surface area contributed by atoms with Gasteiger partial charge < -0.3 is 10.1 Å². The number of amides is 1. The highest BCUT2D eigenvalue weighted by atomic mass is 35.5. The van der Waals surface area contributed by atoms with Gasteiger partial charge in [0, 0.05) is 17.5 Å². The molecule has 0 saturated heterocycles. The molecule has 6 nitrogen and oxygen atoms in total. The summed E-state index contributed by atoms with van der Waals surface area (Å²) in [5, 5.41) is 7.41. The van der Waals surface area contributed by atoms with Gasteiger partial charge in [0.2, 0.25) is 5.91 Å². The summed E-state index contributed by atoms with van der Waals surface area (Å²) in [6.45, 7) is 1.82. The Bertz CT molecular complexity index is 1090. The fourth-order valence-corrected chi connectivity index (χ4v) is 4.85. The Morgan fingerprint density at radius 1 is 1.32 bits per heavy atom. The van der Waals surface area contributed by atoms with E-state index in [0.717, 1.165) is 17.0 Å². The summed E-state index contributed by atoms with van der Waals surface area (Å²) in [5.41, 5.74) is 2.44. The molecule has 9 heteroatoms. The molecule has 144 valence electrons. The maximum absolute atomic E-state index is 13.2. The average molecular weight is 436 g/mol. The van der Waals surface area contributed by atoms with E-state index in [1.807, 2.05) is 19.1 Å². The number of rotatable bonds is 4. The standard InChI is InChI=1S/C19H15Cl2N3O3S/c1-9-16-12(17(26)13-7-14(20)28-18(13)21)8-15(25)22-19(16)24(23-9)10-3-5-11(27-2)6-4-10/h3-7,12H,8H2,1-2H3,(H,22,25). The molecule has 0 aliphatic carbocycles. The van der Waals surface area contributed by atoms with E-state index in [9.17, 15) is 9.59 Å². The number of aryl methyl sites for hydroxylation is 1. The quantitative estimate of drug-likeness (QED) is 0.593. The minimum atomic E-state index is -0.668. The molecule has 0 spiro atoms. The van der Waals surface area contributed by atoms with Crippen LogP contribution in [-0.2, 0) is 4.79 Å². The topological polar surface area (TPSA) is 73.2 Å². The normalized spacial score (nSPS) is 15.9. The number of carbonyl (C=O) groups is 2. The second kappa shape index (κ2) is 7.24. The van der Waals surface area contributed by atoms with Crippen molar-refractivity contribution in [3.05, 3.63) is 55.8 Å². The van der Waals surface area contributed by atoms with Gasteiger partial charge in [0.15, 0.2) is 5.78 Å². The van der Waals surface area contributed by atoms with Gasteiger partial charge in [-0.3, -0.25) is 9.59 Å². The summed E-state index contributed by atoms with van der Waals surface area (Å²) in [5.74, 6) is 0.0517. The average Bonchev–Trinajstić information content (AvgIpc) is 3.19. The molecular weight excluding hydrogens is 421 g/mol. The van der Waals surface area contributed by atoms with Gasteiger partial charge in [-0.15, -0.1) is 11.3 Å². The van der Waals surface area contributed by atoms with Gasteiger partial charge in [-0.25, -0.2) is 4.68 Å². The highest BCUT2D eigenvalue weighted by Crippen LogP contribution is 2.41. The molecule has 0 bridgehead atoms. The lowest BCUT2D eigenvalue weighted by molar-refractivity contribution is -0.116. The predicted molar refractivity (Wildman–Crippen MR) is 110 cm³/mol. The molecule has 1 aliphatic heterocycles. The summed E-state index contributed by atoms with van der Waals surface area (Å²) >= 11 is 13.3. The Hall–Kier alpha value is -2.35. The number of Topliss-reactive ketones (excluding diaryl/α,β-unsaturated/α-hetero) is 1. The molecule has 4 rings (SSSR count). The van der Waals surface area contributed by atoms with Crippen LogP contribution in [0.5, 0.6) is 5.75 Å². The largest absolute Gasteiger partial charge is 0.497 e. The van der Waals surface area contributed by atoms with E-state index in [1.165, 1.54) is 0 Å². The molecule has 1 amide bonds. The first-order valence-electron chi connectivity index (χ1n) is 8.42. The summed E-state index contributed by atoms with van der Waals surface area (Å²) < 4.78 is 7.56. The molecule has 0 radical (unpaired) electrons. The third-order valence-corrected chi connectivity index (χ3v) is 6.15. The van der Waals surface area contributed by atoms with Gasteiger partial charge in [0.25, 0.3) is 0 Å². The maximum Gasteiger partial charge on any atom is 0.226 e. The second-order valence-corrected chi connectivity index (χ2v) is 8.65. The highest BCUT2D eigenvalue weighted by Gasteiger charge is 2.37. The zero-order valence-electron chi connectivity index (χ0n) is 15.0. The first-order chi connectivity index (χ1) is 13.4. The van der Waals surface area contributed by atoms with Crippen molar-refractivity contribution in [2.45, 2.75) is 19.3 Å². The Kier molecular flexibility index (Phi) is 4.91. The SMILES string of the molecule is COc1ccc(-n2nc(C)c3c2NC(=O)CC3C(=O)c2cc(Cl)sc2Cl)cc1. The van der Waals surface area contributed by atoms with Crippen LogP contribution in [0.3, 0.4) is 0 Å². The Balaban J connectivity index is 1.80. The van der Waals surface area contributed by atoms with Crippen molar-refractivity contribution in [3.63, 3.8) is 0 Å². The minimum Gasteiger partial charge on any atom is -0.497 e. The number of hydrogen-bond acceptors (Lipinski definition) is 5. The van der Waals surface area contributed by atoms with E-state index in [-0.39, 0.29) is 18.1 Å². The maximum atomic E-state index is 13.2. The summed E-state index contributed by atoms with van der Waals surface area (Å²) in [6, 6.07) is 8.82. The lowest BCUT2D eigenvalue weighted by Crippen LogP contribution is -2.28. The molecule has 1 atom stereocenters. The van der Waals surface area contributed by atoms with E-state index in [4.69, 9.17) is 27.9 Å². The second-order valence-electron chi connectivity index (χ2n) is 6.36. The van der Waals surface area contributed by atoms with Gasteiger partial charge in [-0.2, -0.15) is 5.10 Å². The van der Waals surface area contributed by atoms with Crippen LogP contribution in [0.2, 0.25) is 8.67 Å². The van der Waals surface area contributed by atoms with Crippen LogP contribution in [-0.4, -0.2) is 28.6 Å². The first kappa shape index (κ1) is 19.0. The molecule has 3 aromatic rings. The predicted octanol–water partition coefficient (Wildman–Crippen LogP) is 4.87. The number of halogens is 2. The van der Waals surface area contributed by atoms with Crippen LogP contribution in [0, 0.1) is 6.92 Å². The van der Waals surface area contributed by atoms with E-state index in [2.05, 4.69) is 10.4 Å². The molecule has 1 N–H and O–H groups in total. The molecule has 0 fully saturated rings. The minimum absolute atomic E-state index is 0.0325.